The van der Waals surface area contributed by atoms with Crippen LogP contribution >= 0.6 is 0 Å². The Labute approximate surface area is 83.9 Å². The predicted molar refractivity (Wildman–Crippen MR) is 51.8 cm³/mol. The molecule has 0 aromatic rings. The molecule has 0 bridgehead atoms. The molecule has 0 saturated heterocycles. The van der Waals surface area contributed by atoms with Gasteiger partial charge in [-0.25, -0.2) is 0 Å². The minimum Gasteiger partial charge on any atom is -0.481 e. The third-order valence-corrected chi connectivity index (χ3v) is 2.48. The van der Waals surface area contributed by atoms with E-state index in [1.807, 2.05) is 26.8 Å². The molecule has 1 rings (SSSR count). The van der Waals surface area contributed by atoms with E-state index >= 15 is 0 Å². The molecule has 0 fully saturated rings. The Balaban J connectivity index is 3.38. The quantitative estimate of drug-likeness (QED) is 0.548. The van der Waals surface area contributed by atoms with Gasteiger partial charge in [-0.3, -0.25) is 0 Å². The molecule has 0 aliphatic carbocycles. The summed E-state index contributed by atoms with van der Waals surface area (Å²) in [6.45, 7) is 7.28. The lowest BCUT2D eigenvalue weighted by Gasteiger charge is -2.20. The Kier molecular flexibility index (Phi) is 2.36. The molecule has 0 atom stereocenters. The molecule has 0 unspecified atom stereocenters. The maximum Gasteiger partial charge on any atom is 0.151 e. The van der Waals surface area contributed by atoms with E-state index in [2.05, 4.69) is 6.07 Å². The third kappa shape index (κ3) is 1.38. The zero-order valence-electron chi connectivity index (χ0n) is 8.80. The van der Waals surface area contributed by atoms with Crippen LogP contribution in [0.1, 0.15) is 27.7 Å². The van der Waals surface area contributed by atoms with E-state index in [-0.39, 0.29) is 0 Å². The first-order valence-electron chi connectivity index (χ1n) is 4.36. The van der Waals surface area contributed by atoms with Crippen LogP contribution in [0, 0.1) is 22.7 Å². The third-order valence-electron chi connectivity index (χ3n) is 2.48. The summed E-state index contributed by atoms with van der Waals surface area (Å²) in [5.41, 5.74) is 1.35. The van der Waals surface area contributed by atoms with E-state index < -0.39 is 5.60 Å². The standard InChI is InChI=1S/C11H12N2O/c1-7(5-12)10-9(6-13)8(2)11(3,4)14-10/h1-4H3/b10-7-. The second kappa shape index (κ2) is 3.20. The van der Waals surface area contributed by atoms with Crippen LogP contribution in [0.25, 0.3) is 0 Å². The van der Waals surface area contributed by atoms with Crippen LogP contribution in [0.4, 0.5) is 0 Å². The van der Waals surface area contributed by atoms with Crippen LogP contribution in [0.2, 0.25) is 0 Å². The van der Waals surface area contributed by atoms with Gasteiger partial charge in [0.2, 0.25) is 0 Å². The summed E-state index contributed by atoms with van der Waals surface area (Å²) < 4.78 is 5.58. The molecule has 1 aliphatic rings. The topological polar surface area (TPSA) is 56.8 Å². The molecule has 14 heavy (non-hydrogen) atoms. The Bertz CT molecular complexity index is 414. The summed E-state index contributed by atoms with van der Waals surface area (Å²) in [5, 5.41) is 17.7. The SMILES string of the molecule is CC1=C(C#N)/C(=C(\C)C#N)OC1(C)C. The second-order valence-corrected chi connectivity index (χ2v) is 3.79. The average molecular weight is 188 g/mol. The van der Waals surface area contributed by atoms with Crippen LogP contribution in [0.3, 0.4) is 0 Å². The molecule has 72 valence electrons. The van der Waals surface area contributed by atoms with Crippen LogP contribution in [0.15, 0.2) is 22.5 Å². The van der Waals surface area contributed by atoms with Crippen molar-refractivity contribution in [1.29, 1.82) is 10.5 Å². The highest BCUT2D eigenvalue weighted by molar-refractivity contribution is 5.52. The van der Waals surface area contributed by atoms with Crippen molar-refractivity contribution in [1.82, 2.24) is 0 Å². The number of nitrogens with zero attached hydrogens (tertiary/aromatic N) is 2. The number of allylic oxidation sites excluding steroid dienone is 2. The molecule has 0 N–H and O–H groups in total. The Morgan fingerprint density at radius 2 is 1.93 bits per heavy atom. The summed E-state index contributed by atoms with van der Waals surface area (Å²) in [7, 11) is 0. The summed E-state index contributed by atoms with van der Waals surface area (Å²) >= 11 is 0. The first-order valence-corrected chi connectivity index (χ1v) is 4.36. The summed E-state index contributed by atoms with van der Waals surface area (Å²) in [5.74, 6) is 0.428. The number of nitriles is 2. The van der Waals surface area contributed by atoms with Gasteiger partial charge in [0.15, 0.2) is 5.76 Å². The maximum atomic E-state index is 8.95. The number of hydrogen-bond donors (Lipinski definition) is 0. The molecule has 0 spiro atoms. The van der Waals surface area contributed by atoms with Crippen molar-refractivity contribution in [2.24, 2.45) is 0 Å². The number of hydrogen-bond acceptors (Lipinski definition) is 3. The number of rotatable bonds is 0. The van der Waals surface area contributed by atoms with Crippen molar-refractivity contribution >= 4 is 0 Å². The molecule has 1 aliphatic heterocycles. The zero-order valence-corrected chi connectivity index (χ0v) is 8.80. The minimum atomic E-state index is -0.474. The van der Waals surface area contributed by atoms with E-state index in [4.69, 9.17) is 15.3 Å². The largest absolute Gasteiger partial charge is 0.481 e. The molecule has 0 amide bonds. The Hall–Kier alpha value is -1.74. The second-order valence-electron chi connectivity index (χ2n) is 3.79. The molecule has 3 heteroatoms. The van der Waals surface area contributed by atoms with Crippen molar-refractivity contribution in [2.45, 2.75) is 33.3 Å². The fraction of sp³-hybridized carbons (Fsp3) is 0.455. The van der Waals surface area contributed by atoms with E-state index in [0.29, 0.717) is 16.9 Å². The van der Waals surface area contributed by atoms with Crippen LogP contribution < -0.4 is 0 Å². The zero-order chi connectivity index (χ0) is 10.9. The Morgan fingerprint density at radius 3 is 2.36 bits per heavy atom. The van der Waals surface area contributed by atoms with Crippen molar-refractivity contribution < 1.29 is 4.74 Å². The predicted octanol–water partition coefficient (Wildman–Crippen LogP) is 2.43. The smallest absolute Gasteiger partial charge is 0.151 e. The van der Waals surface area contributed by atoms with Crippen LogP contribution in [-0.4, -0.2) is 5.60 Å². The van der Waals surface area contributed by atoms with E-state index in [1.54, 1.807) is 6.92 Å². The molecule has 0 aromatic heterocycles. The first-order chi connectivity index (χ1) is 6.44. The fourth-order valence-corrected chi connectivity index (χ4v) is 1.30. The van der Waals surface area contributed by atoms with Gasteiger partial charge in [0.1, 0.15) is 11.7 Å². The van der Waals surface area contributed by atoms with Crippen molar-refractivity contribution in [3.8, 4) is 12.1 Å². The van der Waals surface area contributed by atoms with Gasteiger partial charge in [-0.15, -0.1) is 0 Å². The van der Waals surface area contributed by atoms with Gasteiger partial charge < -0.3 is 4.74 Å². The molecule has 3 nitrogen and oxygen atoms in total. The van der Waals surface area contributed by atoms with Gasteiger partial charge in [-0.2, -0.15) is 10.5 Å². The summed E-state index contributed by atoms with van der Waals surface area (Å²) in [6.07, 6.45) is 0. The molecule has 0 aromatic carbocycles. The summed E-state index contributed by atoms with van der Waals surface area (Å²) in [6, 6.07) is 4.08. The molecule has 0 saturated carbocycles. The lowest BCUT2D eigenvalue weighted by Crippen LogP contribution is -2.20. The first kappa shape index (κ1) is 10.3. The van der Waals surface area contributed by atoms with Crippen LogP contribution in [0.5, 0.6) is 0 Å². The molecular formula is C11H12N2O. The minimum absolute atomic E-state index is 0.428. The van der Waals surface area contributed by atoms with E-state index in [0.717, 1.165) is 5.57 Å². The van der Waals surface area contributed by atoms with Gasteiger partial charge in [0, 0.05) is 0 Å². The highest BCUT2D eigenvalue weighted by Crippen LogP contribution is 2.38. The van der Waals surface area contributed by atoms with Gasteiger partial charge in [0.25, 0.3) is 0 Å². The highest BCUT2D eigenvalue weighted by Gasteiger charge is 2.36. The average Bonchev–Trinajstić information content (AvgIpc) is 2.37. The van der Waals surface area contributed by atoms with Crippen LogP contribution in [-0.2, 0) is 4.74 Å². The van der Waals surface area contributed by atoms with Gasteiger partial charge in [-0.05, 0) is 33.3 Å². The summed E-state index contributed by atoms with van der Waals surface area (Å²) in [4.78, 5) is 0. The van der Waals surface area contributed by atoms with Crippen molar-refractivity contribution in [3.05, 3.63) is 22.5 Å². The van der Waals surface area contributed by atoms with Gasteiger partial charge in [-0.1, -0.05) is 0 Å². The van der Waals surface area contributed by atoms with Crippen molar-refractivity contribution in [2.75, 3.05) is 0 Å². The van der Waals surface area contributed by atoms with Crippen molar-refractivity contribution in [3.63, 3.8) is 0 Å². The van der Waals surface area contributed by atoms with Gasteiger partial charge in [0.05, 0.1) is 17.2 Å². The van der Waals surface area contributed by atoms with Gasteiger partial charge >= 0.3 is 0 Å². The fourth-order valence-electron chi connectivity index (χ4n) is 1.30. The molecular weight excluding hydrogens is 176 g/mol. The van der Waals surface area contributed by atoms with E-state index in [1.165, 1.54) is 0 Å². The highest BCUT2D eigenvalue weighted by atomic mass is 16.5. The normalized spacial score (nSPS) is 22.4. The van der Waals surface area contributed by atoms with E-state index in [9.17, 15) is 0 Å². The monoisotopic (exact) mass is 188 g/mol. The number of ether oxygens (including phenoxy) is 1. The lowest BCUT2D eigenvalue weighted by molar-refractivity contribution is 0.0922. The lowest BCUT2D eigenvalue weighted by atomic mass is 9.97. The maximum absolute atomic E-state index is 8.95. The molecule has 1 heterocycles. The Morgan fingerprint density at radius 1 is 1.36 bits per heavy atom. The molecule has 0 radical (unpaired) electrons.